The topological polar surface area (TPSA) is 37.8 Å². The monoisotopic (exact) mass is 235 g/mol. The molecule has 0 saturated heterocycles. The molecule has 0 aliphatic rings. The fourth-order valence-electron chi connectivity index (χ4n) is 1.65. The highest BCUT2D eigenvalue weighted by Crippen LogP contribution is 2.24. The van der Waals surface area contributed by atoms with Crippen molar-refractivity contribution >= 4 is 28.3 Å². The minimum absolute atomic E-state index is 0.282. The summed E-state index contributed by atoms with van der Waals surface area (Å²) in [6.07, 6.45) is 0. The second kappa shape index (κ2) is 4.26. The Morgan fingerprint density at radius 2 is 2.00 bits per heavy atom. The van der Waals surface area contributed by atoms with Crippen molar-refractivity contribution in [2.45, 2.75) is 26.8 Å². The molecule has 1 heterocycles. The van der Waals surface area contributed by atoms with E-state index in [1.165, 1.54) is 0 Å². The molecule has 0 atom stereocenters. The van der Waals surface area contributed by atoms with Gasteiger partial charge in [0, 0.05) is 11.4 Å². The van der Waals surface area contributed by atoms with Gasteiger partial charge in [-0.05, 0) is 44.0 Å². The summed E-state index contributed by atoms with van der Waals surface area (Å²) in [5.74, 6) is 0.800. The molecule has 2 aromatic rings. The number of fused-ring (bicyclic) bond motifs is 1. The average Bonchev–Trinajstić information content (AvgIpc) is 2.18. The number of aryl methyl sites for hydroxylation is 1. The Kier molecular flexibility index (Phi) is 2.97. The van der Waals surface area contributed by atoms with Gasteiger partial charge >= 0.3 is 0 Å². The minimum Gasteiger partial charge on any atom is -0.367 e. The van der Waals surface area contributed by atoms with Crippen LogP contribution in [0.4, 0.5) is 5.82 Å². The number of para-hydroxylation sites is 1. The molecule has 3 nitrogen and oxygen atoms in total. The van der Waals surface area contributed by atoms with Crippen LogP contribution in [0.1, 0.15) is 19.4 Å². The molecule has 0 spiro atoms. The highest BCUT2D eigenvalue weighted by Gasteiger charge is 2.08. The molecular formula is C12H14ClN3. The van der Waals surface area contributed by atoms with Crippen molar-refractivity contribution in [1.29, 1.82) is 0 Å². The van der Waals surface area contributed by atoms with Crippen molar-refractivity contribution < 1.29 is 0 Å². The lowest BCUT2D eigenvalue weighted by molar-refractivity contribution is 0.890. The second-order valence-electron chi connectivity index (χ2n) is 4.11. The number of anilines is 1. The first-order chi connectivity index (χ1) is 7.58. The smallest absolute Gasteiger partial charge is 0.224 e. The normalized spacial score (nSPS) is 11.1. The zero-order valence-electron chi connectivity index (χ0n) is 9.58. The Bertz CT molecular complexity index is 523. The van der Waals surface area contributed by atoms with Gasteiger partial charge in [-0.15, -0.1) is 0 Å². The number of rotatable bonds is 2. The molecule has 0 radical (unpaired) electrons. The molecule has 1 aromatic heterocycles. The van der Waals surface area contributed by atoms with E-state index >= 15 is 0 Å². The SMILES string of the molecule is Cc1cccc2c(NC(C)C)nc(Cl)nc12. The molecule has 0 aliphatic heterocycles. The molecule has 0 aliphatic carbocycles. The maximum Gasteiger partial charge on any atom is 0.224 e. The number of nitrogens with one attached hydrogen (secondary N) is 1. The van der Waals surface area contributed by atoms with Crippen LogP contribution in [0.3, 0.4) is 0 Å². The molecule has 2 rings (SSSR count). The summed E-state index contributed by atoms with van der Waals surface area (Å²) in [6.45, 7) is 6.15. The predicted octanol–water partition coefficient (Wildman–Crippen LogP) is 3.41. The number of halogens is 1. The van der Waals surface area contributed by atoms with Crippen LogP contribution in [0.5, 0.6) is 0 Å². The maximum absolute atomic E-state index is 5.92. The Morgan fingerprint density at radius 3 is 2.69 bits per heavy atom. The van der Waals surface area contributed by atoms with E-state index in [1.807, 2.05) is 25.1 Å². The van der Waals surface area contributed by atoms with Gasteiger partial charge < -0.3 is 5.32 Å². The summed E-state index contributed by atoms with van der Waals surface area (Å²) in [6, 6.07) is 6.34. The van der Waals surface area contributed by atoms with Gasteiger partial charge in [-0.1, -0.05) is 12.1 Å². The van der Waals surface area contributed by atoms with Gasteiger partial charge in [0.15, 0.2) is 0 Å². The summed E-state index contributed by atoms with van der Waals surface area (Å²) < 4.78 is 0. The van der Waals surface area contributed by atoms with Gasteiger partial charge in [-0.25, -0.2) is 9.97 Å². The predicted molar refractivity (Wildman–Crippen MR) is 68.0 cm³/mol. The third-order valence-electron chi connectivity index (χ3n) is 2.33. The minimum atomic E-state index is 0.282. The number of nitrogens with zero attached hydrogens (tertiary/aromatic N) is 2. The molecule has 0 bridgehead atoms. The van der Waals surface area contributed by atoms with E-state index in [2.05, 4.69) is 29.1 Å². The van der Waals surface area contributed by atoms with E-state index in [-0.39, 0.29) is 5.28 Å². The zero-order valence-corrected chi connectivity index (χ0v) is 10.3. The highest BCUT2D eigenvalue weighted by atomic mass is 35.5. The number of hydrogen-bond donors (Lipinski definition) is 1. The van der Waals surface area contributed by atoms with Crippen LogP contribution in [-0.2, 0) is 0 Å². The number of benzene rings is 1. The third kappa shape index (κ3) is 2.09. The molecule has 0 fully saturated rings. The molecule has 1 aromatic carbocycles. The van der Waals surface area contributed by atoms with Gasteiger partial charge in [0.2, 0.25) is 5.28 Å². The van der Waals surface area contributed by atoms with E-state index in [0.717, 1.165) is 22.3 Å². The quantitative estimate of drug-likeness (QED) is 0.811. The van der Waals surface area contributed by atoms with Crippen LogP contribution in [0.2, 0.25) is 5.28 Å². The van der Waals surface area contributed by atoms with Crippen LogP contribution in [0.15, 0.2) is 18.2 Å². The van der Waals surface area contributed by atoms with Crippen molar-refractivity contribution in [3.05, 3.63) is 29.0 Å². The van der Waals surface area contributed by atoms with Gasteiger partial charge in [-0.3, -0.25) is 0 Å². The van der Waals surface area contributed by atoms with Gasteiger partial charge in [0.25, 0.3) is 0 Å². The Balaban J connectivity index is 2.68. The van der Waals surface area contributed by atoms with Gasteiger partial charge in [-0.2, -0.15) is 0 Å². The van der Waals surface area contributed by atoms with Crippen LogP contribution >= 0.6 is 11.6 Å². The van der Waals surface area contributed by atoms with E-state index in [0.29, 0.717) is 6.04 Å². The second-order valence-corrected chi connectivity index (χ2v) is 4.45. The fraction of sp³-hybridized carbons (Fsp3) is 0.333. The molecule has 84 valence electrons. The van der Waals surface area contributed by atoms with Crippen molar-refractivity contribution in [1.82, 2.24) is 9.97 Å². The highest BCUT2D eigenvalue weighted by molar-refractivity contribution is 6.28. The van der Waals surface area contributed by atoms with Crippen LogP contribution in [0, 0.1) is 6.92 Å². The first-order valence-electron chi connectivity index (χ1n) is 5.27. The van der Waals surface area contributed by atoms with Crippen LogP contribution < -0.4 is 5.32 Å². The summed E-state index contributed by atoms with van der Waals surface area (Å²) in [4.78, 5) is 8.48. The number of aromatic nitrogens is 2. The van der Waals surface area contributed by atoms with E-state index in [9.17, 15) is 0 Å². The maximum atomic E-state index is 5.92. The standard InChI is InChI=1S/C12H14ClN3/c1-7(2)14-11-9-6-4-5-8(3)10(9)15-12(13)16-11/h4-7H,1-3H3,(H,14,15,16). The lowest BCUT2D eigenvalue weighted by Gasteiger charge is -2.12. The summed E-state index contributed by atoms with van der Waals surface area (Å²) in [5.41, 5.74) is 2.01. The molecule has 16 heavy (non-hydrogen) atoms. The first-order valence-corrected chi connectivity index (χ1v) is 5.65. The Hall–Kier alpha value is -1.35. The fourth-order valence-corrected chi connectivity index (χ4v) is 1.82. The van der Waals surface area contributed by atoms with Crippen molar-refractivity contribution in [2.24, 2.45) is 0 Å². The summed E-state index contributed by atoms with van der Waals surface area (Å²) in [5, 5.41) is 4.57. The van der Waals surface area contributed by atoms with Crippen molar-refractivity contribution in [3.63, 3.8) is 0 Å². The molecule has 0 unspecified atom stereocenters. The molecule has 0 saturated carbocycles. The van der Waals surface area contributed by atoms with Crippen molar-refractivity contribution in [2.75, 3.05) is 5.32 Å². The number of hydrogen-bond acceptors (Lipinski definition) is 3. The van der Waals surface area contributed by atoms with E-state index in [1.54, 1.807) is 0 Å². The van der Waals surface area contributed by atoms with Crippen molar-refractivity contribution in [3.8, 4) is 0 Å². The Labute approximate surface area is 99.9 Å². The van der Waals surface area contributed by atoms with E-state index in [4.69, 9.17) is 11.6 Å². The molecule has 4 heteroatoms. The molecule has 1 N–H and O–H groups in total. The summed E-state index contributed by atoms with van der Waals surface area (Å²) >= 11 is 5.92. The first kappa shape index (κ1) is 11.1. The van der Waals surface area contributed by atoms with Crippen LogP contribution in [-0.4, -0.2) is 16.0 Å². The lowest BCUT2D eigenvalue weighted by Crippen LogP contribution is -2.12. The molecular weight excluding hydrogens is 222 g/mol. The van der Waals surface area contributed by atoms with E-state index < -0.39 is 0 Å². The zero-order chi connectivity index (χ0) is 11.7. The largest absolute Gasteiger partial charge is 0.367 e. The van der Waals surface area contributed by atoms with Gasteiger partial charge in [0.05, 0.1) is 5.52 Å². The average molecular weight is 236 g/mol. The molecule has 0 amide bonds. The Morgan fingerprint density at radius 1 is 1.25 bits per heavy atom. The third-order valence-corrected chi connectivity index (χ3v) is 2.50. The lowest BCUT2D eigenvalue weighted by atomic mass is 10.1. The van der Waals surface area contributed by atoms with Crippen LogP contribution in [0.25, 0.3) is 10.9 Å². The summed E-state index contributed by atoms with van der Waals surface area (Å²) in [7, 11) is 0. The van der Waals surface area contributed by atoms with Gasteiger partial charge in [0.1, 0.15) is 5.82 Å².